The first kappa shape index (κ1) is 42.2. The minimum absolute atomic E-state index is 0.164. The Hall–Kier alpha value is -8.40. The molecule has 0 spiro atoms. The molecule has 0 bridgehead atoms. The average molecular weight is 876 g/mol. The third-order valence-electron chi connectivity index (χ3n) is 13.8. The van der Waals surface area contributed by atoms with Crippen LogP contribution in [0.1, 0.15) is 30.5 Å². The zero-order chi connectivity index (χ0) is 46.2. The van der Waals surface area contributed by atoms with Crippen LogP contribution in [0, 0.1) is 6.92 Å². The van der Waals surface area contributed by atoms with Gasteiger partial charge in [-0.05, 0) is 172 Å². The van der Waals surface area contributed by atoms with Gasteiger partial charge in [0, 0.05) is 58.0 Å². The minimum atomic E-state index is -0.164. The lowest BCUT2D eigenvalue weighted by atomic mass is 9.81. The van der Waals surface area contributed by atoms with Crippen molar-refractivity contribution in [2.75, 3.05) is 21.7 Å². The number of hydrogen-bond acceptors (Lipinski definition) is 3. The Morgan fingerprint density at radius 2 is 0.544 bits per heavy atom. The molecule has 0 aromatic heterocycles. The fraction of sp³-hybridized carbons (Fsp3) is 0.0769. The van der Waals surface area contributed by atoms with Gasteiger partial charge < -0.3 is 14.7 Å². The van der Waals surface area contributed by atoms with Crippen LogP contribution in [0.3, 0.4) is 0 Å². The van der Waals surface area contributed by atoms with E-state index in [1.54, 1.807) is 0 Å². The second-order valence-electron chi connectivity index (χ2n) is 18.4. The van der Waals surface area contributed by atoms with Gasteiger partial charge in [0.05, 0.1) is 0 Å². The lowest BCUT2D eigenvalue weighted by Crippen LogP contribution is -2.15. The summed E-state index contributed by atoms with van der Waals surface area (Å²) in [5.41, 5.74) is 22.7. The predicted molar refractivity (Wildman–Crippen MR) is 289 cm³/mol. The molecular formula is C65H53N3. The molecule has 0 radical (unpaired) electrons. The summed E-state index contributed by atoms with van der Waals surface area (Å²) in [4.78, 5) is 6.87. The number of nitrogens with zero attached hydrogens (tertiary/aromatic N) is 3. The van der Waals surface area contributed by atoms with Crippen LogP contribution in [0.5, 0.6) is 0 Å². The largest absolute Gasteiger partial charge is 0.345 e. The Labute approximate surface area is 401 Å². The molecule has 1 aliphatic carbocycles. The van der Waals surface area contributed by atoms with E-state index in [9.17, 15) is 0 Å². The third kappa shape index (κ3) is 8.03. The Kier molecular flexibility index (Phi) is 11.0. The number of benzene rings is 10. The Balaban J connectivity index is 0.836. The van der Waals surface area contributed by atoms with Crippen LogP contribution in [-0.2, 0) is 5.41 Å². The number of fused-ring (bicyclic) bond motifs is 3. The van der Waals surface area contributed by atoms with Gasteiger partial charge in [0.2, 0.25) is 0 Å². The first-order valence-electron chi connectivity index (χ1n) is 23.6. The van der Waals surface area contributed by atoms with Gasteiger partial charge in [-0.3, -0.25) is 0 Å². The Bertz CT molecular complexity index is 3320. The van der Waals surface area contributed by atoms with Gasteiger partial charge in [-0.25, -0.2) is 0 Å². The topological polar surface area (TPSA) is 9.72 Å². The smallest absolute Gasteiger partial charge is 0.0462 e. The maximum atomic E-state index is 2.42. The van der Waals surface area contributed by atoms with E-state index in [1.165, 1.54) is 66.9 Å². The fourth-order valence-electron chi connectivity index (χ4n) is 9.93. The summed E-state index contributed by atoms with van der Waals surface area (Å²) < 4.78 is 0. The van der Waals surface area contributed by atoms with Crippen molar-refractivity contribution in [1.82, 2.24) is 0 Å². The van der Waals surface area contributed by atoms with Crippen LogP contribution in [0.4, 0.5) is 45.5 Å². The molecule has 0 aliphatic heterocycles. The molecule has 3 nitrogen and oxygen atoms in total. The summed E-state index contributed by atoms with van der Waals surface area (Å²) in [5, 5.41) is 0. The quantitative estimate of drug-likeness (QED) is 0.128. The molecule has 11 rings (SSSR count). The van der Waals surface area contributed by atoms with Crippen molar-refractivity contribution in [3.05, 3.63) is 265 Å². The van der Waals surface area contributed by atoms with Crippen LogP contribution in [0.25, 0.3) is 44.5 Å². The second kappa shape index (κ2) is 17.8. The van der Waals surface area contributed by atoms with Crippen molar-refractivity contribution in [1.29, 1.82) is 0 Å². The molecule has 0 saturated carbocycles. The van der Waals surface area contributed by atoms with E-state index in [4.69, 9.17) is 0 Å². The van der Waals surface area contributed by atoms with Gasteiger partial charge in [-0.2, -0.15) is 0 Å². The van der Waals surface area contributed by atoms with E-state index >= 15 is 0 Å². The van der Waals surface area contributed by atoms with Crippen molar-refractivity contribution in [2.24, 2.45) is 0 Å². The highest BCUT2D eigenvalue weighted by atomic mass is 15.1. The summed E-state index contributed by atoms with van der Waals surface area (Å²) in [7, 11) is 2.11. The van der Waals surface area contributed by atoms with Crippen molar-refractivity contribution in [3.63, 3.8) is 0 Å². The number of hydrogen-bond donors (Lipinski definition) is 0. The maximum Gasteiger partial charge on any atom is 0.0462 e. The molecule has 0 atom stereocenters. The first-order chi connectivity index (χ1) is 33.3. The summed E-state index contributed by atoms with van der Waals surface area (Å²) in [6, 6.07) is 90.3. The van der Waals surface area contributed by atoms with Crippen molar-refractivity contribution >= 4 is 45.5 Å². The molecule has 10 aromatic rings. The zero-order valence-corrected chi connectivity index (χ0v) is 39.0. The van der Waals surface area contributed by atoms with Crippen molar-refractivity contribution < 1.29 is 0 Å². The van der Waals surface area contributed by atoms with E-state index in [0.717, 1.165) is 39.8 Å². The molecule has 10 aromatic carbocycles. The molecular weight excluding hydrogens is 823 g/mol. The highest BCUT2D eigenvalue weighted by Gasteiger charge is 2.36. The molecule has 3 heteroatoms. The molecule has 0 heterocycles. The summed E-state index contributed by atoms with van der Waals surface area (Å²) in [6.45, 7) is 6.88. The number of anilines is 8. The van der Waals surface area contributed by atoms with Gasteiger partial charge >= 0.3 is 0 Å². The van der Waals surface area contributed by atoms with E-state index in [2.05, 4.69) is 291 Å². The van der Waals surface area contributed by atoms with Crippen LogP contribution < -0.4 is 14.7 Å². The first-order valence-corrected chi connectivity index (χ1v) is 23.6. The van der Waals surface area contributed by atoms with Crippen LogP contribution in [0.2, 0.25) is 0 Å². The number of rotatable bonds is 11. The molecule has 0 amide bonds. The van der Waals surface area contributed by atoms with E-state index in [1.807, 2.05) is 0 Å². The third-order valence-corrected chi connectivity index (χ3v) is 13.8. The van der Waals surface area contributed by atoms with Gasteiger partial charge in [0.15, 0.2) is 0 Å². The number of para-hydroxylation sites is 3. The summed E-state index contributed by atoms with van der Waals surface area (Å²) >= 11 is 0. The monoisotopic (exact) mass is 875 g/mol. The Morgan fingerprint density at radius 3 is 0.912 bits per heavy atom. The van der Waals surface area contributed by atoms with Gasteiger partial charge in [-0.15, -0.1) is 0 Å². The highest BCUT2D eigenvalue weighted by molar-refractivity contribution is 5.87. The van der Waals surface area contributed by atoms with E-state index < -0.39 is 0 Å². The molecule has 0 unspecified atom stereocenters. The van der Waals surface area contributed by atoms with E-state index in [-0.39, 0.29) is 5.41 Å². The molecule has 68 heavy (non-hydrogen) atoms. The van der Waals surface area contributed by atoms with Crippen LogP contribution in [0.15, 0.2) is 249 Å². The summed E-state index contributed by atoms with van der Waals surface area (Å²) in [6.07, 6.45) is 0. The van der Waals surface area contributed by atoms with Gasteiger partial charge in [0.1, 0.15) is 0 Å². The number of aryl methyl sites for hydroxylation is 1. The zero-order valence-electron chi connectivity index (χ0n) is 39.0. The van der Waals surface area contributed by atoms with Crippen LogP contribution >= 0.6 is 0 Å². The fourth-order valence-corrected chi connectivity index (χ4v) is 9.93. The standard InChI is InChI=1S/C65H53N3/c1-46-20-32-57(33-21-46)67(55-16-10-6-11-17-55)59-38-26-49(27-39-59)51-30-42-61-62-43-31-52(45-64(62)65(2,3)63(61)44-51)50-28-40-60(41-29-50)68(56-18-12-7-13-19-56)58-36-24-48(25-37-58)47-22-34-54(35-23-47)66(4)53-14-8-5-9-15-53/h5-45H,1-4H3. The van der Waals surface area contributed by atoms with Crippen LogP contribution in [-0.4, -0.2) is 7.05 Å². The predicted octanol–water partition coefficient (Wildman–Crippen LogP) is 18.0. The Morgan fingerprint density at radius 1 is 0.279 bits per heavy atom. The maximum absolute atomic E-state index is 2.42. The molecule has 1 aliphatic rings. The second-order valence-corrected chi connectivity index (χ2v) is 18.4. The minimum Gasteiger partial charge on any atom is -0.345 e. The SMILES string of the molecule is Cc1ccc(N(c2ccccc2)c2ccc(-c3ccc4c(c3)C(C)(C)c3cc(-c5ccc(N(c6ccccc6)c6ccc(-c7ccc(N(C)c8ccccc8)cc7)cc6)cc5)ccc3-4)cc2)cc1. The molecule has 0 N–H and O–H groups in total. The average Bonchev–Trinajstić information content (AvgIpc) is 3.62. The molecule has 328 valence electrons. The summed E-state index contributed by atoms with van der Waals surface area (Å²) in [5.74, 6) is 0. The van der Waals surface area contributed by atoms with Gasteiger partial charge in [-0.1, -0.05) is 159 Å². The lowest BCUT2D eigenvalue weighted by Gasteiger charge is -2.26. The normalized spacial score (nSPS) is 12.2. The molecule has 0 saturated heterocycles. The highest BCUT2D eigenvalue weighted by Crippen LogP contribution is 2.51. The lowest BCUT2D eigenvalue weighted by molar-refractivity contribution is 0.661. The van der Waals surface area contributed by atoms with Crippen molar-refractivity contribution in [3.8, 4) is 44.5 Å². The van der Waals surface area contributed by atoms with Gasteiger partial charge in [0.25, 0.3) is 0 Å². The molecule has 0 fully saturated rings. The van der Waals surface area contributed by atoms with E-state index in [0.29, 0.717) is 0 Å². The van der Waals surface area contributed by atoms with Crippen molar-refractivity contribution in [2.45, 2.75) is 26.2 Å².